The van der Waals surface area contributed by atoms with Crippen LogP contribution in [0.1, 0.15) is 33.6 Å². The van der Waals surface area contributed by atoms with Crippen molar-refractivity contribution in [2.24, 2.45) is 10.9 Å². The van der Waals surface area contributed by atoms with Gasteiger partial charge in [-0.3, -0.25) is 0 Å². The number of hydrogen-bond donors (Lipinski definition) is 0. The van der Waals surface area contributed by atoms with Gasteiger partial charge in [-0.1, -0.05) is 13.8 Å². The first-order chi connectivity index (χ1) is 14.6. The molecule has 30 heavy (non-hydrogen) atoms. The molecule has 0 N–H and O–H groups in total. The first-order valence-corrected chi connectivity index (χ1v) is 11.1. The van der Waals surface area contributed by atoms with E-state index in [0.717, 1.165) is 77.2 Å². The van der Waals surface area contributed by atoms with Crippen LogP contribution in [0.3, 0.4) is 0 Å². The number of hydrogen-bond acceptors (Lipinski definition) is 5. The van der Waals surface area contributed by atoms with Crippen molar-refractivity contribution in [1.29, 1.82) is 0 Å². The lowest BCUT2D eigenvalue weighted by Gasteiger charge is -2.31. The van der Waals surface area contributed by atoms with Crippen LogP contribution in [0.25, 0.3) is 0 Å². The number of likely N-dealkylation sites (N-methyl/N-ethyl adjacent to an activating group) is 1. The topological polar surface area (TPSA) is 46.3 Å². The molecule has 0 saturated heterocycles. The van der Waals surface area contributed by atoms with Gasteiger partial charge in [0, 0.05) is 31.2 Å². The average Bonchev–Trinajstić information content (AvgIpc) is 2.74. The SMILES string of the molecule is CCN1CCOc2cc3c(cc21)Oc1cc2c(cc1=N3)OCC[N+]=2CCCC(C)C. The Kier molecular flexibility index (Phi) is 5.01. The van der Waals surface area contributed by atoms with E-state index in [2.05, 4.69) is 42.4 Å². The molecular formula is C24H30N3O3+. The molecule has 0 saturated carbocycles. The normalized spacial score (nSPS) is 16.4. The average molecular weight is 409 g/mol. The summed E-state index contributed by atoms with van der Waals surface area (Å²) < 4.78 is 20.6. The zero-order valence-electron chi connectivity index (χ0n) is 18.1. The number of benzene rings is 2. The van der Waals surface area contributed by atoms with Crippen molar-refractivity contribution < 1.29 is 14.2 Å². The van der Waals surface area contributed by atoms with Gasteiger partial charge in [0.05, 0.1) is 18.3 Å². The molecule has 3 heterocycles. The van der Waals surface area contributed by atoms with E-state index in [9.17, 15) is 0 Å². The minimum atomic E-state index is 0.699. The molecular weight excluding hydrogens is 378 g/mol. The highest BCUT2D eigenvalue weighted by Crippen LogP contribution is 2.44. The smallest absolute Gasteiger partial charge is 0.246 e. The molecule has 0 aromatic heterocycles. The molecule has 3 aliphatic rings. The Balaban J connectivity index is 1.55. The summed E-state index contributed by atoms with van der Waals surface area (Å²) in [5, 5.41) is 1.92. The van der Waals surface area contributed by atoms with Crippen LogP contribution < -0.4 is 34.4 Å². The summed E-state index contributed by atoms with van der Waals surface area (Å²) in [6, 6.07) is 8.17. The van der Waals surface area contributed by atoms with Gasteiger partial charge in [0.1, 0.15) is 36.6 Å². The second kappa shape index (κ2) is 7.82. The predicted molar refractivity (Wildman–Crippen MR) is 117 cm³/mol. The van der Waals surface area contributed by atoms with Crippen LogP contribution in [0.2, 0.25) is 0 Å². The van der Waals surface area contributed by atoms with Crippen LogP contribution in [0, 0.1) is 5.92 Å². The number of nitrogens with zero attached hydrogens (tertiary/aromatic N) is 3. The molecule has 2 aromatic carbocycles. The van der Waals surface area contributed by atoms with Crippen LogP contribution in [-0.4, -0.2) is 39.4 Å². The molecule has 6 nitrogen and oxygen atoms in total. The van der Waals surface area contributed by atoms with Gasteiger partial charge in [-0.15, -0.1) is 0 Å². The molecule has 6 heteroatoms. The van der Waals surface area contributed by atoms with Crippen molar-refractivity contribution in [3.8, 4) is 23.0 Å². The fraction of sp³-hybridized carbons (Fsp3) is 0.500. The molecule has 158 valence electrons. The molecule has 0 unspecified atom stereocenters. The number of rotatable bonds is 5. The third-order valence-electron chi connectivity index (χ3n) is 6.05. The van der Waals surface area contributed by atoms with E-state index in [1.165, 1.54) is 12.8 Å². The quantitative estimate of drug-likeness (QED) is 0.608. The molecule has 0 bridgehead atoms. The van der Waals surface area contributed by atoms with Crippen LogP contribution in [0.5, 0.6) is 23.0 Å². The maximum atomic E-state index is 6.34. The fourth-order valence-electron chi connectivity index (χ4n) is 4.41. The summed E-state index contributed by atoms with van der Waals surface area (Å²) in [7, 11) is 0. The summed E-state index contributed by atoms with van der Waals surface area (Å²) in [4.78, 5) is 7.18. The minimum Gasteiger partial charge on any atom is -0.489 e. The van der Waals surface area contributed by atoms with E-state index < -0.39 is 0 Å². The maximum Gasteiger partial charge on any atom is 0.246 e. The molecule has 0 radical (unpaired) electrons. The number of ether oxygens (including phenoxy) is 3. The molecule has 3 aliphatic heterocycles. The first-order valence-electron chi connectivity index (χ1n) is 11.1. The zero-order valence-corrected chi connectivity index (χ0v) is 18.1. The van der Waals surface area contributed by atoms with Crippen LogP contribution in [0.4, 0.5) is 11.4 Å². The van der Waals surface area contributed by atoms with Gasteiger partial charge >= 0.3 is 0 Å². The summed E-state index contributed by atoms with van der Waals surface area (Å²) >= 11 is 0. The maximum absolute atomic E-state index is 6.34. The number of fused-ring (bicyclic) bond motifs is 4. The van der Waals surface area contributed by atoms with Crippen LogP contribution >= 0.6 is 0 Å². The van der Waals surface area contributed by atoms with Gasteiger partial charge in [-0.2, -0.15) is 0 Å². The standard InChI is InChI=1S/C24H30N3O3/c1-4-26-8-10-28-23-12-17-21(14-19(23)26)30-22-15-20-24(13-18(22)25-17)29-11-9-27(20)7-5-6-16(2)3/h12-16H,4-11H2,1-3H3/q+1. The lowest BCUT2D eigenvalue weighted by molar-refractivity contribution is 0.268. The summed E-state index contributed by atoms with van der Waals surface area (Å²) in [5.74, 6) is 4.08. The summed E-state index contributed by atoms with van der Waals surface area (Å²) in [6.07, 6.45) is 2.42. The summed E-state index contributed by atoms with van der Waals surface area (Å²) in [5.41, 5.74) is 1.89. The molecule has 5 rings (SSSR count). The van der Waals surface area contributed by atoms with E-state index in [1.54, 1.807) is 0 Å². The Morgan fingerprint density at radius 3 is 2.73 bits per heavy atom. The Labute approximate surface area is 177 Å². The minimum absolute atomic E-state index is 0.699. The highest BCUT2D eigenvalue weighted by atomic mass is 16.5. The van der Waals surface area contributed by atoms with Gasteiger partial charge in [-0.25, -0.2) is 9.57 Å². The van der Waals surface area contributed by atoms with Crippen LogP contribution in [0.15, 0.2) is 29.3 Å². The van der Waals surface area contributed by atoms with Crippen molar-refractivity contribution in [3.05, 3.63) is 35.0 Å². The molecule has 0 spiro atoms. The molecule has 0 atom stereocenters. The Hall–Kier alpha value is -2.76. The lowest BCUT2D eigenvalue weighted by atomic mass is 10.1. The van der Waals surface area contributed by atoms with E-state index in [1.807, 2.05) is 12.1 Å². The van der Waals surface area contributed by atoms with Crippen molar-refractivity contribution in [1.82, 2.24) is 4.58 Å². The van der Waals surface area contributed by atoms with E-state index in [-0.39, 0.29) is 0 Å². The van der Waals surface area contributed by atoms with Gasteiger partial charge in [0.25, 0.3) is 0 Å². The monoisotopic (exact) mass is 408 g/mol. The Morgan fingerprint density at radius 2 is 1.90 bits per heavy atom. The van der Waals surface area contributed by atoms with E-state index in [0.29, 0.717) is 13.2 Å². The van der Waals surface area contributed by atoms with Crippen molar-refractivity contribution in [3.63, 3.8) is 0 Å². The zero-order chi connectivity index (χ0) is 20.7. The molecule has 0 aliphatic carbocycles. The second-order valence-electron chi connectivity index (χ2n) is 8.59. The van der Waals surface area contributed by atoms with Crippen molar-refractivity contribution >= 4 is 11.4 Å². The molecule has 0 fully saturated rings. The van der Waals surface area contributed by atoms with Gasteiger partial charge in [0.15, 0.2) is 23.8 Å². The van der Waals surface area contributed by atoms with Gasteiger partial charge in [0.2, 0.25) is 5.36 Å². The van der Waals surface area contributed by atoms with Gasteiger partial charge < -0.3 is 19.1 Å². The predicted octanol–water partition coefficient (Wildman–Crippen LogP) is 3.28. The molecule has 0 amide bonds. The largest absolute Gasteiger partial charge is 0.489 e. The lowest BCUT2D eigenvalue weighted by Crippen LogP contribution is -2.40. The summed E-state index contributed by atoms with van der Waals surface area (Å²) in [6.45, 7) is 11.9. The third-order valence-corrected chi connectivity index (χ3v) is 6.05. The first kappa shape index (κ1) is 19.2. The highest BCUT2D eigenvalue weighted by molar-refractivity contribution is 5.72. The second-order valence-corrected chi connectivity index (χ2v) is 8.59. The number of anilines is 1. The van der Waals surface area contributed by atoms with Gasteiger partial charge in [-0.05, 0) is 19.3 Å². The van der Waals surface area contributed by atoms with E-state index in [4.69, 9.17) is 19.2 Å². The fourth-order valence-corrected chi connectivity index (χ4v) is 4.41. The van der Waals surface area contributed by atoms with Crippen molar-refractivity contribution in [2.45, 2.75) is 33.6 Å². The Morgan fingerprint density at radius 1 is 1.03 bits per heavy atom. The van der Waals surface area contributed by atoms with E-state index >= 15 is 0 Å². The van der Waals surface area contributed by atoms with Crippen LogP contribution in [-0.2, 0) is 0 Å². The Bertz CT molecular complexity index is 1090. The highest BCUT2D eigenvalue weighted by Gasteiger charge is 2.25. The molecule has 2 aromatic rings. The van der Waals surface area contributed by atoms with Crippen molar-refractivity contribution in [2.75, 3.05) is 44.3 Å². The third kappa shape index (κ3) is 3.48.